The smallest absolute Gasteiger partial charge is 0.244 e. The van der Waals surface area contributed by atoms with Gasteiger partial charge in [0.05, 0.1) is 0 Å². The van der Waals surface area contributed by atoms with Crippen LogP contribution in [0, 0.1) is 5.92 Å². The highest BCUT2D eigenvalue weighted by atomic mass is 16.2. The fraction of sp³-hybridized carbons (Fsp3) is 0.667. The van der Waals surface area contributed by atoms with Crippen LogP contribution >= 0.6 is 0 Å². The van der Waals surface area contributed by atoms with Gasteiger partial charge in [-0.05, 0) is 31.2 Å². The van der Waals surface area contributed by atoms with E-state index in [2.05, 4.69) is 12.0 Å². The lowest BCUT2D eigenvalue weighted by Gasteiger charge is -2.20. The molecule has 0 aliphatic carbocycles. The van der Waals surface area contributed by atoms with Crippen molar-refractivity contribution in [2.45, 2.75) is 32.7 Å². The number of amides is 1. The Bertz CT molecular complexity index is 388. The van der Waals surface area contributed by atoms with Gasteiger partial charge < -0.3 is 10.6 Å². The van der Waals surface area contributed by atoms with Crippen molar-refractivity contribution in [3.05, 3.63) is 12.3 Å². The molecule has 5 nitrogen and oxygen atoms in total. The lowest BCUT2D eigenvalue weighted by molar-refractivity contribution is -0.132. The summed E-state index contributed by atoms with van der Waals surface area (Å²) in [6.07, 6.45) is 5.17. The highest BCUT2D eigenvalue weighted by molar-refractivity contribution is 5.75. The van der Waals surface area contributed by atoms with E-state index >= 15 is 0 Å². The molecular formula is C12H20N4O. The van der Waals surface area contributed by atoms with E-state index in [0.717, 1.165) is 31.8 Å². The van der Waals surface area contributed by atoms with Crippen LogP contribution in [-0.4, -0.2) is 33.7 Å². The second-order valence-corrected chi connectivity index (χ2v) is 4.86. The number of carbonyl (C=O) groups is 1. The summed E-state index contributed by atoms with van der Waals surface area (Å²) in [6, 6.07) is 1.71. The minimum atomic E-state index is 0.141. The molecule has 94 valence electrons. The van der Waals surface area contributed by atoms with E-state index in [1.165, 1.54) is 6.42 Å². The normalized spacial score (nSPS) is 21.2. The molecule has 1 aromatic heterocycles. The van der Waals surface area contributed by atoms with Gasteiger partial charge in [0.1, 0.15) is 12.4 Å². The third-order valence-corrected chi connectivity index (χ3v) is 3.33. The van der Waals surface area contributed by atoms with Crippen LogP contribution in [0.25, 0.3) is 0 Å². The Morgan fingerprint density at radius 3 is 3.06 bits per heavy atom. The van der Waals surface area contributed by atoms with Crippen LogP contribution in [0.5, 0.6) is 0 Å². The van der Waals surface area contributed by atoms with E-state index in [9.17, 15) is 4.79 Å². The van der Waals surface area contributed by atoms with Gasteiger partial charge in [0.25, 0.3) is 0 Å². The summed E-state index contributed by atoms with van der Waals surface area (Å²) in [5.74, 6) is 1.33. The summed E-state index contributed by atoms with van der Waals surface area (Å²) in [4.78, 5) is 14.0. The van der Waals surface area contributed by atoms with Crippen LogP contribution in [0.4, 0.5) is 5.82 Å². The van der Waals surface area contributed by atoms with E-state index in [-0.39, 0.29) is 5.91 Å². The Morgan fingerprint density at radius 2 is 2.35 bits per heavy atom. The molecule has 1 amide bonds. The van der Waals surface area contributed by atoms with Gasteiger partial charge in [-0.3, -0.25) is 9.48 Å². The quantitative estimate of drug-likeness (QED) is 0.836. The molecule has 0 saturated carbocycles. The number of nitrogens with two attached hydrogens (primary N) is 1. The minimum absolute atomic E-state index is 0.141. The number of nitrogen functional groups attached to an aromatic ring is 1. The predicted molar refractivity (Wildman–Crippen MR) is 66.2 cm³/mol. The predicted octanol–water partition coefficient (Wildman–Crippen LogP) is 1.11. The Morgan fingerprint density at radius 1 is 1.53 bits per heavy atom. The number of hydrogen-bond acceptors (Lipinski definition) is 3. The molecule has 1 unspecified atom stereocenters. The first-order valence-electron chi connectivity index (χ1n) is 6.22. The van der Waals surface area contributed by atoms with Crippen LogP contribution < -0.4 is 5.73 Å². The Labute approximate surface area is 102 Å². The first-order valence-corrected chi connectivity index (χ1v) is 6.22. The van der Waals surface area contributed by atoms with Crippen molar-refractivity contribution in [3.63, 3.8) is 0 Å². The van der Waals surface area contributed by atoms with Crippen molar-refractivity contribution >= 4 is 11.7 Å². The molecule has 2 N–H and O–H groups in total. The zero-order valence-corrected chi connectivity index (χ0v) is 10.3. The molecule has 0 bridgehead atoms. The van der Waals surface area contributed by atoms with E-state index in [1.54, 1.807) is 16.9 Å². The number of rotatable bonds is 2. The van der Waals surface area contributed by atoms with Crippen molar-refractivity contribution in [1.82, 2.24) is 14.7 Å². The number of hydrogen-bond donors (Lipinski definition) is 1. The van der Waals surface area contributed by atoms with Crippen molar-refractivity contribution in [3.8, 4) is 0 Å². The highest BCUT2D eigenvalue weighted by Gasteiger charge is 2.18. The fourth-order valence-corrected chi connectivity index (χ4v) is 2.22. The van der Waals surface area contributed by atoms with Gasteiger partial charge in [-0.1, -0.05) is 6.92 Å². The maximum atomic E-state index is 12.1. The zero-order chi connectivity index (χ0) is 12.3. The Balaban J connectivity index is 1.91. The molecule has 1 aliphatic rings. The second-order valence-electron chi connectivity index (χ2n) is 4.86. The van der Waals surface area contributed by atoms with Crippen molar-refractivity contribution in [1.29, 1.82) is 0 Å². The lowest BCUT2D eigenvalue weighted by Crippen LogP contribution is -2.34. The first kappa shape index (κ1) is 12.0. The zero-order valence-electron chi connectivity index (χ0n) is 10.3. The lowest BCUT2D eigenvalue weighted by atomic mass is 10.0. The molecular weight excluding hydrogens is 216 g/mol. The van der Waals surface area contributed by atoms with Crippen LogP contribution in [0.2, 0.25) is 0 Å². The number of likely N-dealkylation sites (tertiary alicyclic amines) is 1. The first-order chi connectivity index (χ1) is 8.15. The molecule has 1 aromatic rings. The highest BCUT2D eigenvalue weighted by Crippen LogP contribution is 2.16. The van der Waals surface area contributed by atoms with E-state index in [1.807, 2.05) is 4.90 Å². The number of carbonyl (C=O) groups excluding carboxylic acids is 1. The third-order valence-electron chi connectivity index (χ3n) is 3.33. The molecule has 2 heterocycles. The van der Waals surface area contributed by atoms with Gasteiger partial charge in [-0.25, -0.2) is 0 Å². The minimum Gasteiger partial charge on any atom is -0.382 e. The van der Waals surface area contributed by atoms with E-state index < -0.39 is 0 Å². The summed E-state index contributed by atoms with van der Waals surface area (Å²) >= 11 is 0. The van der Waals surface area contributed by atoms with Crippen LogP contribution in [-0.2, 0) is 11.3 Å². The third kappa shape index (κ3) is 3.22. The van der Waals surface area contributed by atoms with Gasteiger partial charge in [-0.2, -0.15) is 5.10 Å². The molecule has 1 atom stereocenters. The largest absolute Gasteiger partial charge is 0.382 e. The molecule has 1 aliphatic heterocycles. The molecule has 0 aromatic carbocycles. The van der Waals surface area contributed by atoms with Crippen molar-refractivity contribution in [2.75, 3.05) is 18.8 Å². The molecule has 1 fully saturated rings. The summed E-state index contributed by atoms with van der Waals surface area (Å²) in [5.41, 5.74) is 5.52. The van der Waals surface area contributed by atoms with Gasteiger partial charge in [0.2, 0.25) is 5.91 Å². The number of aromatic nitrogens is 2. The molecule has 1 saturated heterocycles. The van der Waals surface area contributed by atoms with E-state index in [0.29, 0.717) is 12.4 Å². The molecule has 5 heteroatoms. The van der Waals surface area contributed by atoms with Crippen LogP contribution in [0.3, 0.4) is 0 Å². The topological polar surface area (TPSA) is 64.2 Å². The maximum absolute atomic E-state index is 12.1. The van der Waals surface area contributed by atoms with E-state index in [4.69, 9.17) is 5.73 Å². The summed E-state index contributed by atoms with van der Waals surface area (Å²) in [7, 11) is 0. The Hall–Kier alpha value is -1.52. The summed E-state index contributed by atoms with van der Waals surface area (Å²) < 4.78 is 1.60. The summed E-state index contributed by atoms with van der Waals surface area (Å²) in [5, 5.41) is 4.03. The maximum Gasteiger partial charge on any atom is 0.244 e. The standard InChI is InChI=1S/C12H20N4O/c1-10-3-2-6-15(7-4-10)12(17)9-16-8-5-11(13)14-16/h5,8,10H,2-4,6-7,9H2,1H3,(H2,13,14). The van der Waals surface area contributed by atoms with Gasteiger partial charge in [0, 0.05) is 19.3 Å². The second kappa shape index (κ2) is 5.21. The molecule has 0 radical (unpaired) electrons. The molecule has 2 rings (SSSR count). The molecule has 17 heavy (non-hydrogen) atoms. The summed E-state index contributed by atoms with van der Waals surface area (Å²) in [6.45, 7) is 4.30. The van der Waals surface area contributed by atoms with Crippen LogP contribution in [0.15, 0.2) is 12.3 Å². The van der Waals surface area contributed by atoms with Gasteiger partial charge in [0.15, 0.2) is 0 Å². The monoisotopic (exact) mass is 236 g/mol. The average molecular weight is 236 g/mol. The number of anilines is 1. The van der Waals surface area contributed by atoms with Crippen LogP contribution in [0.1, 0.15) is 26.2 Å². The van der Waals surface area contributed by atoms with Crippen molar-refractivity contribution in [2.24, 2.45) is 5.92 Å². The van der Waals surface area contributed by atoms with Gasteiger partial charge >= 0.3 is 0 Å². The SMILES string of the molecule is CC1CCCN(C(=O)Cn2ccc(N)n2)CC1. The van der Waals surface area contributed by atoms with Crippen molar-refractivity contribution < 1.29 is 4.79 Å². The fourth-order valence-electron chi connectivity index (χ4n) is 2.22. The molecule has 0 spiro atoms. The Kier molecular flexibility index (Phi) is 3.66. The van der Waals surface area contributed by atoms with Gasteiger partial charge in [-0.15, -0.1) is 0 Å². The number of nitrogens with zero attached hydrogens (tertiary/aromatic N) is 3. The average Bonchev–Trinajstić information content (AvgIpc) is 2.56.